The first-order valence-electron chi connectivity index (χ1n) is 7.05. The molecular weight excluding hydrogens is 316 g/mol. The monoisotopic (exact) mass is 334 g/mol. The summed E-state index contributed by atoms with van der Waals surface area (Å²) in [5, 5.41) is 10.9. The Hall–Kier alpha value is -2.25. The number of hydrogen-bond acceptors (Lipinski definition) is 4. The lowest BCUT2D eigenvalue weighted by Crippen LogP contribution is -2.33. The smallest absolute Gasteiger partial charge is 0.241 e. The van der Waals surface area contributed by atoms with E-state index in [0.29, 0.717) is 5.56 Å². The van der Waals surface area contributed by atoms with Crippen molar-refractivity contribution in [1.29, 1.82) is 0 Å². The zero-order valence-corrected chi connectivity index (χ0v) is 13.7. The third-order valence-electron chi connectivity index (χ3n) is 3.40. The van der Waals surface area contributed by atoms with Gasteiger partial charge in [-0.1, -0.05) is 47.5 Å². The molecule has 0 saturated heterocycles. The van der Waals surface area contributed by atoms with Crippen molar-refractivity contribution in [3.63, 3.8) is 0 Å². The van der Waals surface area contributed by atoms with Gasteiger partial charge in [-0.05, 0) is 31.5 Å². The molecule has 122 valence electrons. The molecule has 2 rings (SSSR count). The van der Waals surface area contributed by atoms with Gasteiger partial charge >= 0.3 is 0 Å². The summed E-state index contributed by atoms with van der Waals surface area (Å²) in [7, 11) is -3.84. The highest BCUT2D eigenvalue weighted by Gasteiger charge is 2.25. The molecule has 0 aliphatic carbocycles. The van der Waals surface area contributed by atoms with E-state index in [1.807, 2.05) is 19.9 Å². The van der Waals surface area contributed by atoms with Gasteiger partial charge in [0.05, 0.1) is 4.90 Å². The van der Waals surface area contributed by atoms with Crippen LogP contribution < -0.4 is 4.72 Å². The van der Waals surface area contributed by atoms with Crippen LogP contribution in [0.4, 0.5) is 0 Å². The summed E-state index contributed by atoms with van der Waals surface area (Å²) in [6.07, 6.45) is 0. The number of sulfonamides is 1. The Bertz CT molecular complexity index is 801. The number of rotatable bonds is 6. The SMILES string of the molecule is Cc1ccc(S(=O)(=O)NC(C[N+](=O)[O-])c2cccc(C)c2)cc1. The molecule has 7 heteroatoms. The highest BCUT2D eigenvalue weighted by atomic mass is 32.2. The van der Waals surface area contributed by atoms with Crippen molar-refractivity contribution < 1.29 is 13.3 Å². The zero-order chi connectivity index (χ0) is 17.0. The average molecular weight is 334 g/mol. The van der Waals surface area contributed by atoms with E-state index in [0.717, 1.165) is 11.1 Å². The van der Waals surface area contributed by atoms with E-state index in [1.54, 1.807) is 30.3 Å². The summed E-state index contributed by atoms with van der Waals surface area (Å²) >= 11 is 0. The van der Waals surface area contributed by atoms with Gasteiger partial charge in [-0.3, -0.25) is 10.1 Å². The molecule has 0 bridgehead atoms. The van der Waals surface area contributed by atoms with Gasteiger partial charge in [-0.15, -0.1) is 0 Å². The number of benzene rings is 2. The van der Waals surface area contributed by atoms with E-state index >= 15 is 0 Å². The average Bonchev–Trinajstić information content (AvgIpc) is 2.46. The van der Waals surface area contributed by atoms with Crippen LogP contribution in [-0.2, 0) is 10.0 Å². The van der Waals surface area contributed by atoms with Gasteiger partial charge in [0.15, 0.2) is 0 Å². The van der Waals surface area contributed by atoms with Crippen molar-refractivity contribution in [3.8, 4) is 0 Å². The van der Waals surface area contributed by atoms with E-state index in [9.17, 15) is 18.5 Å². The third kappa shape index (κ3) is 4.61. The maximum atomic E-state index is 12.5. The standard InChI is InChI=1S/C16H18N2O4S/c1-12-6-8-15(9-7-12)23(21,22)17-16(11-18(19)20)14-5-3-4-13(2)10-14/h3-10,16-17H,11H2,1-2H3. The van der Waals surface area contributed by atoms with E-state index in [2.05, 4.69) is 4.72 Å². The van der Waals surface area contributed by atoms with Gasteiger partial charge in [0.2, 0.25) is 16.6 Å². The van der Waals surface area contributed by atoms with E-state index in [-0.39, 0.29) is 4.90 Å². The van der Waals surface area contributed by atoms with Gasteiger partial charge in [0.1, 0.15) is 6.04 Å². The van der Waals surface area contributed by atoms with E-state index in [1.165, 1.54) is 12.1 Å². The van der Waals surface area contributed by atoms with Crippen molar-refractivity contribution in [3.05, 3.63) is 75.3 Å². The second kappa shape index (κ2) is 6.89. The molecule has 0 aliphatic heterocycles. The molecule has 0 aromatic heterocycles. The fourth-order valence-electron chi connectivity index (χ4n) is 2.22. The Morgan fingerprint density at radius 1 is 1.09 bits per heavy atom. The number of hydrogen-bond donors (Lipinski definition) is 1. The minimum absolute atomic E-state index is 0.0871. The van der Waals surface area contributed by atoms with Crippen LogP contribution in [0, 0.1) is 24.0 Å². The Morgan fingerprint density at radius 2 is 1.74 bits per heavy atom. The Morgan fingerprint density at radius 3 is 2.30 bits per heavy atom. The second-order valence-electron chi connectivity index (χ2n) is 5.42. The van der Waals surface area contributed by atoms with Crippen molar-refractivity contribution >= 4 is 10.0 Å². The molecular formula is C16H18N2O4S. The third-order valence-corrected chi connectivity index (χ3v) is 4.89. The second-order valence-corrected chi connectivity index (χ2v) is 7.13. The Kier molecular flexibility index (Phi) is 5.12. The molecule has 0 radical (unpaired) electrons. The van der Waals surface area contributed by atoms with Crippen LogP contribution in [-0.4, -0.2) is 19.9 Å². The van der Waals surface area contributed by atoms with Crippen LogP contribution in [0.2, 0.25) is 0 Å². The number of nitro groups is 1. The molecule has 2 aromatic rings. The molecule has 0 saturated carbocycles. The zero-order valence-electron chi connectivity index (χ0n) is 12.9. The normalized spacial score (nSPS) is 12.8. The van der Waals surface area contributed by atoms with Crippen LogP contribution in [0.25, 0.3) is 0 Å². The molecule has 1 unspecified atom stereocenters. The predicted molar refractivity (Wildman–Crippen MR) is 87.3 cm³/mol. The molecule has 2 aromatic carbocycles. The van der Waals surface area contributed by atoms with Gasteiger partial charge in [-0.2, -0.15) is 4.72 Å². The Labute approximate surface area is 135 Å². The fraction of sp³-hybridized carbons (Fsp3) is 0.250. The largest absolute Gasteiger partial charge is 0.264 e. The van der Waals surface area contributed by atoms with Gasteiger partial charge < -0.3 is 0 Å². The summed E-state index contributed by atoms with van der Waals surface area (Å²) in [6, 6.07) is 12.4. The van der Waals surface area contributed by atoms with Crippen LogP contribution in [0.5, 0.6) is 0 Å². The van der Waals surface area contributed by atoms with Crippen LogP contribution >= 0.6 is 0 Å². The Balaban J connectivity index is 2.33. The lowest BCUT2D eigenvalue weighted by molar-refractivity contribution is -0.483. The van der Waals surface area contributed by atoms with E-state index < -0.39 is 27.5 Å². The van der Waals surface area contributed by atoms with Crippen LogP contribution in [0.15, 0.2) is 53.4 Å². The molecule has 0 heterocycles. The lowest BCUT2D eigenvalue weighted by Gasteiger charge is -2.16. The number of nitrogens with one attached hydrogen (secondary N) is 1. The first kappa shape index (κ1) is 17.1. The summed E-state index contributed by atoms with van der Waals surface area (Å²) in [5.41, 5.74) is 2.41. The lowest BCUT2D eigenvalue weighted by atomic mass is 10.1. The summed E-state index contributed by atoms with van der Waals surface area (Å²) in [6.45, 7) is 3.18. The minimum atomic E-state index is -3.84. The maximum absolute atomic E-state index is 12.5. The van der Waals surface area contributed by atoms with Crippen molar-refractivity contribution in [2.45, 2.75) is 24.8 Å². The molecule has 6 nitrogen and oxygen atoms in total. The molecule has 0 aliphatic rings. The topological polar surface area (TPSA) is 89.3 Å². The fourth-order valence-corrected chi connectivity index (χ4v) is 3.44. The summed E-state index contributed by atoms with van der Waals surface area (Å²) in [5.74, 6) is 0. The summed E-state index contributed by atoms with van der Waals surface area (Å²) in [4.78, 5) is 10.5. The molecule has 1 N–H and O–H groups in total. The minimum Gasteiger partial charge on any atom is -0.264 e. The molecule has 0 amide bonds. The van der Waals surface area contributed by atoms with Gasteiger partial charge in [0, 0.05) is 4.92 Å². The molecule has 0 fully saturated rings. The first-order chi connectivity index (χ1) is 10.8. The first-order valence-corrected chi connectivity index (χ1v) is 8.53. The number of aryl methyl sites for hydroxylation is 2. The molecule has 0 spiro atoms. The predicted octanol–water partition coefficient (Wildman–Crippen LogP) is 2.60. The quantitative estimate of drug-likeness (QED) is 0.649. The van der Waals surface area contributed by atoms with Gasteiger partial charge in [0.25, 0.3) is 0 Å². The number of nitrogens with zero attached hydrogens (tertiary/aromatic N) is 1. The maximum Gasteiger partial charge on any atom is 0.241 e. The van der Waals surface area contributed by atoms with Gasteiger partial charge in [-0.25, -0.2) is 8.42 Å². The molecule has 1 atom stereocenters. The van der Waals surface area contributed by atoms with Crippen molar-refractivity contribution in [1.82, 2.24) is 4.72 Å². The highest BCUT2D eigenvalue weighted by molar-refractivity contribution is 7.89. The van der Waals surface area contributed by atoms with Crippen molar-refractivity contribution in [2.24, 2.45) is 0 Å². The summed E-state index contributed by atoms with van der Waals surface area (Å²) < 4.78 is 27.4. The highest BCUT2D eigenvalue weighted by Crippen LogP contribution is 2.19. The van der Waals surface area contributed by atoms with Crippen LogP contribution in [0.3, 0.4) is 0 Å². The van der Waals surface area contributed by atoms with Crippen LogP contribution in [0.1, 0.15) is 22.7 Å². The molecule has 23 heavy (non-hydrogen) atoms. The van der Waals surface area contributed by atoms with E-state index in [4.69, 9.17) is 0 Å². The van der Waals surface area contributed by atoms with Crippen molar-refractivity contribution in [2.75, 3.05) is 6.54 Å².